The van der Waals surface area contributed by atoms with E-state index in [1.165, 1.54) is 64.9 Å². The van der Waals surface area contributed by atoms with E-state index in [4.69, 9.17) is 9.97 Å². The van der Waals surface area contributed by atoms with Crippen molar-refractivity contribution >= 4 is 86.8 Å². The number of hydrogen-bond acceptors (Lipinski definition) is 2. The molecule has 0 bridgehead atoms. The van der Waals surface area contributed by atoms with Crippen LogP contribution in [-0.2, 0) is 0 Å². The zero-order valence-electron chi connectivity index (χ0n) is 32.4. The zero-order valence-corrected chi connectivity index (χ0v) is 32.4. The van der Waals surface area contributed by atoms with Crippen LogP contribution in [-0.4, -0.2) is 19.1 Å². The van der Waals surface area contributed by atoms with Gasteiger partial charge >= 0.3 is 0 Å². The van der Waals surface area contributed by atoms with Crippen molar-refractivity contribution in [1.29, 1.82) is 0 Å². The Kier molecular flexibility index (Phi) is 6.98. The molecule has 0 aliphatic carbocycles. The van der Waals surface area contributed by atoms with Crippen LogP contribution in [0, 0.1) is 0 Å². The molecule has 0 amide bonds. The average Bonchev–Trinajstić information content (AvgIpc) is 3.82. The van der Waals surface area contributed by atoms with Gasteiger partial charge in [0.1, 0.15) is 0 Å². The van der Waals surface area contributed by atoms with E-state index in [1.807, 2.05) is 0 Å². The summed E-state index contributed by atoms with van der Waals surface area (Å²) in [5, 5.41) is 13.3. The first kappa shape index (κ1) is 32.9. The number of fused-ring (bicyclic) bond motifs is 11. The van der Waals surface area contributed by atoms with Gasteiger partial charge in [-0.25, -0.2) is 9.97 Å². The standard InChI is InChI=1S/C56H34N4/c1-2-16-38-33-53-47(32-37(38)15-1)48-34-41(59-50-26-10-8-23-46(50)54-43-21-6-4-14-36(43)27-29-52(54)59)28-30-51(48)60(53)40-19-11-18-39(31-40)56-57-49-25-9-7-22-45(49)55(58-56)44-24-12-17-35-13-3-5-20-42(35)44/h1-34H. The minimum absolute atomic E-state index is 0.700. The Morgan fingerprint density at radius 1 is 0.317 bits per heavy atom. The molecule has 0 spiro atoms. The minimum atomic E-state index is 0.700. The first-order valence-corrected chi connectivity index (χ1v) is 20.5. The molecule has 0 N–H and O–H groups in total. The summed E-state index contributed by atoms with van der Waals surface area (Å²) in [7, 11) is 0. The van der Waals surface area contributed by atoms with E-state index >= 15 is 0 Å². The van der Waals surface area contributed by atoms with Gasteiger partial charge in [-0.2, -0.15) is 0 Å². The fourth-order valence-electron chi connectivity index (χ4n) is 9.76. The molecule has 3 heterocycles. The first-order valence-electron chi connectivity index (χ1n) is 20.5. The van der Waals surface area contributed by atoms with Crippen LogP contribution >= 0.6 is 0 Å². The number of aromatic nitrogens is 4. The second-order valence-corrected chi connectivity index (χ2v) is 15.8. The molecule has 0 unspecified atom stereocenters. The van der Waals surface area contributed by atoms with Crippen molar-refractivity contribution in [2.75, 3.05) is 0 Å². The van der Waals surface area contributed by atoms with E-state index in [-0.39, 0.29) is 0 Å². The Balaban J connectivity index is 1.04. The third-order valence-electron chi connectivity index (χ3n) is 12.4. The number of rotatable bonds is 4. The third-order valence-corrected chi connectivity index (χ3v) is 12.4. The maximum absolute atomic E-state index is 5.37. The van der Waals surface area contributed by atoms with E-state index in [0.717, 1.165) is 50.1 Å². The lowest BCUT2D eigenvalue weighted by molar-refractivity contribution is 1.16. The SMILES string of the molecule is c1cc(-c2nc(-c3cccc4ccccc34)c3ccccc3n2)cc(-n2c3ccc(-n4c5ccccc5c5c6ccccc6ccc54)cc3c3cc4ccccc4cc32)c1. The summed E-state index contributed by atoms with van der Waals surface area (Å²) in [5.74, 6) is 0.700. The van der Waals surface area contributed by atoms with Crippen LogP contribution in [0.2, 0.25) is 0 Å². The van der Waals surface area contributed by atoms with E-state index in [1.54, 1.807) is 0 Å². The Labute approximate surface area is 344 Å². The van der Waals surface area contributed by atoms with E-state index in [0.29, 0.717) is 5.82 Å². The molecular formula is C56H34N4. The number of para-hydroxylation sites is 2. The fraction of sp³-hybridized carbons (Fsp3) is 0. The summed E-state index contributed by atoms with van der Waals surface area (Å²) in [6.45, 7) is 0. The fourth-order valence-corrected chi connectivity index (χ4v) is 9.76. The van der Waals surface area contributed by atoms with Gasteiger partial charge in [-0.05, 0) is 93.0 Å². The monoisotopic (exact) mass is 762 g/mol. The Morgan fingerprint density at radius 2 is 0.917 bits per heavy atom. The lowest BCUT2D eigenvalue weighted by Gasteiger charge is -2.13. The summed E-state index contributed by atoms with van der Waals surface area (Å²) in [4.78, 5) is 10.6. The Bertz CT molecular complexity index is 3900. The number of benzene rings is 10. The van der Waals surface area contributed by atoms with Gasteiger partial charge < -0.3 is 9.13 Å². The maximum Gasteiger partial charge on any atom is 0.160 e. The molecule has 278 valence electrons. The lowest BCUT2D eigenvalue weighted by Crippen LogP contribution is -1.98. The quantitative estimate of drug-likeness (QED) is 0.179. The Hall–Kier alpha value is -8.08. The van der Waals surface area contributed by atoms with Crippen molar-refractivity contribution < 1.29 is 0 Å². The van der Waals surface area contributed by atoms with Crippen LogP contribution in [0.3, 0.4) is 0 Å². The molecule has 4 heteroatoms. The topological polar surface area (TPSA) is 35.6 Å². The number of nitrogens with zero attached hydrogens (tertiary/aromatic N) is 4. The second-order valence-electron chi connectivity index (χ2n) is 15.8. The molecule has 0 aliphatic rings. The molecule has 0 fully saturated rings. The highest BCUT2D eigenvalue weighted by Crippen LogP contribution is 2.41. The summed E-state index contributed by atoms with van der Waals surface area (Å²) in [6, 6.07) is 74.5. The predicted molar refractivity (Wildman–Crippen MR) is 252 cm³/mol. The zero-order chi connectivity index (χ0) is 39.3. The van der Waals surface area contributed by atoms with Gasteiger partial charge in [-0.15, -0.1) is 0 Å². The van der Waals surface area contributed by atoms with Crippen molar-refractivity contribution in [2.45, 2.75) is 0 Å². The molecule has 0 atom stereocenters. The lowest BCUT2D eigenvalue weighted by atomic mass is 9.99. The van der Waals surface area contributed by atoms with Crippen LogP contribution in [0.25, 0.3) is 121 Å². The molecule has 13 rings (SSSR count). The highest BCUT2D eigenvalue weighted by atomic mass is 15.0. The van der Waals surface area contributed by atoms with E-state index in [9.17, 15) is 0 Å². The average molecular weight is 763 g/mol. The smallest absolute Gasteiger partial charge is 0.160 e. The van der Waals surface area contributed by atoms with Gasteiger partial charge in [0.25, 0.3) is 0 Å². The maximum atomic E-state index is 5.37. The van der Waals surface area contributed by atoms with Crippen molar-refractivity contribution in [3.8, 4) is 34.0 Å². The molecule has 0 saturated carbocycles. The van der Waals surface area contributed by atoms with Crippen LogP contribution in [0.5, 0.6) is 0 Å². The molecule has 0 saturated heterocycles. The highest BCUT2D eigenvalue weighted by molar-refractivity contribution is 6.22. The van der Waals surface area contributed by atoms with Gasteiger partial charge in [-0.3, -0.25) is 0 Å². The van der Waals surface area contributed by atoms with Crippen LogP contribution in [0.1, 0.15) is 0 Å². The highest BCUT2D eigenvalue weighted by Gasteiger charge is 2.20. The van der Waals surface area contributed by atoms with Crippen LogP contribution < -0.4 is 0 Å². The van der Waals surface area contributed by atoms with Crippen molar-refractivity contribution in [1.82, 2.24) is 19.1 Å². The summed E-state index contributed by atoms with van der Waals surface area (Å²) in [6.07, 6.45) is 0. The molecular weight excluding hydrogens is 729 g/mol. The molecule has 3 aromatic heterocycles. The van der Waals surface area contributed by atoms with Gasteiger partial charge in [0.15, 0.2) is 5.82 Å². The molecule has 60 heavy (non-hydrogen) atoms. The normalized spacial score (nSPS) is 12.0. The predicted octanol–water partition coefficient (Wildman–Crippen LogP) is 14.6. The summed E-state index contributed by atoms with van der Waals surface area (Å²) in [5.41, 5.74) is 10.8. The molecule has 4 nitrogen and oxygen atoms in total. The van der Waals surface area contributed by atoms with Crippen molar-refractivity contribution in [3.05, 3.63) is 206 Å². The molecule has 13 aromatic rings. The van der Waals surface area contributed by atoms with E-state index < -0.39 is 0 Å². The second kappa shape index (κ2) is 12.7. The van der Waals surface area contributed by atoms with Gasteiger partial charge in [-0.1, -0.05) is 146 Å². The summed E-state index contributed by atoms with van der Waals surface area (Å²) < 4.78 is 4.85. The molecule has 10 aromatic carbocycles. The largest absolute Gasteiger partial charge is 0.309 e. The first-order chi connectivity index (χ1) is 29.7. The van der Waals surface area contributed by atoms with Gasteiger partial charge in [0, 0.05) is 49.4 Å². The third kappa shape index (κ3) is 4.85. The van der Waals surface area contributed by atoms with Gasteiger partial charge in [0.05, 0.1) is 33.3 Å². The van der Waals surface area contributed by atoms with Crippen molar-refractivity contribution in [3.63, 3.8) is 0 Å². The Morgan fingerprint density at radius 3 is 1.78 bits per heavy atom. The van der Waals surface area contributed by atoms with Crippen molar-refractivity contribution in [2.24, 2.45) is 0 Å². The van der Waals surface area contributed by atoms with E-state index in [2.05, 4.69) is 215 Å². The van der Waals surface area contributed by atoms with Crippen LogP contribution in [0.15, 0.2) is 206 Å². The molecule has 0 radical (unpaired) electrons. The molecule has 0 aliphatic heterocycles. The van der Waals surface area contributed by atoms with Crippen LogP contribution in [0.4, 0.5) is 0 Å². The van der Waals surface area contributed by atoms with Gasteiger partial charge in [0.2, 0.25) is 0 Å². The summed E-state index contributed by atoms with van der Waals surface area (Å²) >= 11 is 0. The minimum Gasteiger partial charge on any atom is -0.309 e. The number of hydrogen-bond donors (Lipinski definition) is 0.